The SMILES string of the molecule is c1ccc(-c2ccc(N(c3ccccc3)c3ccc(-c4ccc(C5(c6ccccc6)c6ccccc6-c6cccc7cccc5c67)cc4)cc3)cc2)cc1. The predicted octanol–water partition coefficient (Wildman–Crippen LogP) is 14.0. The number of hydrogen-bond acceptors (Lipinski definition) is 1. The molecule has 1 aliphatic rings. The summed E-state index contributed by atoms with van der Waals surface area (Å²) in [7, 11) is 0. The number of rotatable bonds is 7. The van der Waals surface area contributed by atoms with Crippen LogP contribution in [0.15, 0.2) is 224 Å². The average Bonchev–Trinajstić information content (AvgIpc) is 3.26. The van der Waals surface area contributed by atoms with Crippen LogP contribution in [0.4, 0.5) is 17.1 Å². The molecule has 0 aliphatic heterocycles. The Morgan fingerprint density at radius 3 is 1.33 bits per heavy atom. The van der Waals surface area contributed by atoms with Crippen molar-refractivity contribution >= 4 is 27.8 Å². The van der Waals surface area contributed by atoms with Gasteiger partial charge in [0.25, 0.3) is 0 Å². The van der Waals surface area contributed by atoms with Crippen molar-refractivity contribution < 1.29 is 0 Å². The lowest BCUT2D eigenvalue weighted by atomic mass is 9.59. The molecule has 0 saturated carbocycles. The molecule has 9 aromatic rings. The first-order chi connectivity index (χ1) is 26.8. The summed E-state index contributed by atoms with van der Waals surface area (Å²) in [6, 6.07) is 81.9. The lowest BCUT2D eigenvalue weighted by Gasteiger charge is -2.42. The maximum Gasteiger partial charge on any atom is 0.0713 e. The summed E-state index contributed by atoms with van der Waals surface area (Å²) in [5, 5.41) is 2.60. The molecule has 0 fully saturated rings. The molecular weight excluding hydrogens is 651 g/mol. The first kappa shape index (κ1) is 31.7. The molecule has 9 aromatic carbocycles. The highest BCUT2D eigenvalue weighted by Crippen LogP contribution is 2.55. The van der Waals surface area contributed by atoms with Gasteiger partial charge in [-0.2, -0.15) is 0 Å². The van der Waals surface area contributed by atoms with Crippen molar-refractivity contribution in [2.45, 2.75) is 5.41 Å². The van der Waals surface area contributed by atoms with Crippen LogP contribution in [0.2, 0.25) is 0 Å². The Kier molecular flexibility index (Phi) is 7.78. The Morgan fingerprint density at radius 2 is 0.704 bits per heavy atom. The van der Waals surface area contributed by atoms with E-state index in [0.717, 1.165) is 17.1 Å². The minimum atomic E-state index is -0.472. The van der Waals surface area contributed by atoms with Crippen molar-refractivity contribution in [1.82, 2.24) is 0 Å². The summed E-state index contributed by atoms with van der Waals surface area (Å²) in [6.07, 6.45) is 0. The Labute approximate surface area is 317 Å². The van der Waals surface area contributed by atoms with Gasteiger partial charge in [-0.1, -0.05) is 188 Å². The Bertz CT molecular complexity index is 2710. The van der Waals surface area contributed by atoms with Crippen molar-refractivity contribution in [3.63, 3.8) is 0 Å². The van der Waals surface area contributed by atoms with Crippen LogP contribution in [0.3, 0.4) is 0 Å². The zero-order valence-electron chi connectivity index (χ0n) is 29.8. The summed E-state index contributed by atoms with van der Waals surface area (Å²) in [4.78, 5) is 2.32. The molecule has 54 heavy (non-hydrogen) atoms. The maximum atomic E-state index is 2.35. The van der Waals surface area contributed by atoms with Crippen LogP contribution in [0, 0.1) is 0 Å². The van der Waals surface area contributed by atoms with E-state index in [-0.39, 0.29) is 0 Å². The molecule has 0 radical (unpaired) electrons. The summed E-state index contributed by atoms with van der Waals surface area (Å²) in [6.45, 7) is 0. The van der Waals surface area contributed by atoms with E-state index in [1.54, 1.807) is 0 Å². The summed E-state index contributed by atoms with van der Waals surface area (Å²) < 4.78 is 0. The third-order valence-electron chi connectivity index (χ3n) is 11.2. The molecule has 1 unspecified atom stereocenters. The van der Waals surface area contributed by atoms with Crippen molar-refractivity contribution in [3.8, 4) is 33.4 Å². The Balaban J connectivity index is 1.05. The van der Waals surface area contributed by atoms with Gasteiger partial charge in [0.15, 0.2) is 0 Å². The summed E-state index contributed by atoms with van der Waals surface area (Å²) in [5.41, 5.74) is 15.5. The van der Waals surface area contributed by atoms with E-state index in [0.29, 0.717) is 0 Å². The lowest BCUT2D eigenvalue weighted by Crippen LogP contribution is -2.33. The van der Waals surface area contributed by atoms with E-state index in [1.807, 2.05) is 0 Å². The van der Waals surface area contributed by atoms with Crippen molar-refractivity contribution in [2.75, 3.05) is 4.90 Å². The molecule has 0 saturated heterocycles. The monoisotopic (exact) mass is 687 g/mol. The van der Waals surface area contributed by atoms with Crippen LogP contribution in [0.5, 0.6) is 0 Å². The Morgan fingerprint density at radius 1 is 0.278 bits per heavy atom. The predicted molar refractivity (Wildman–Crippen MR) is 227 cm³/mol. The number of fused-ring (bicyclic) bond motifs is 2. The molecule has 1 heteroatoms. The number of hydrogen-bond donors (Lipinski definition) is 0. The fourth-order valence-electron chi connectivity index (χ4n) is 8.72. The van der Waals surface area contributed by atoms with E-state index >= 15 is 0 Å². The number of para-hydroxylation sites is 1. The van der Waals surface area contributed by atoms with E-state index in [2.05, 4.69) is 229 Å². The molecule has 1 aliphatic carbocycles. The molecular formula is C53H37N. The fraction of sp³-hybridized carbons (Fsp3) is 0.0189. The van der Waals surface area contributed by atoms with Gasteiger partial charge in [0, 0.05) is 17.1 Å². The molecule has 1 atom stereocenters. The molecule has 0 N–H and O–H groups in total. The molecule has 254 valence electrons. The van der Waals surface area contributed by atoms with Crippen molar-refractivity contribution in [3.05, 3.63) is 247 Å². The summed E-state index contributed by atoms with van der Waals surface area (Å²) >= 11 is 0. The van der Waals surface area contributed by atoms with Gasteiger partial charge < -0.3 is 4.90 Å². The topological polar surface area (TPSA) is 3.24 Å². The van der Waals surface area contributed by atoms with Crippen molar-refractivity contribution in [2.24, 2.45) is 0 Å². The highest BCUT2D eigenvalue weighted by molar-refractivity contribution is 6.04. The quantitative estimate of drug-likeness (QED) is 0.161. The number of nitrogens with zero attached hydrogens (tertiary/aromatic N) is 1. The van der Waals surface area contributed by atoms with Crippen LogP contribution >= 0.6 is 0 Å². The van der Waals surface area contributed by atoms with Crippen LogP contribution < -0.4 is 4.90 Å². The summed E-state index contributed by atoms with van der Waals surface area (Å²) in [5.74, 6) is 0. The minimum Gasteiger partial charge on any atom is -0.311 e. The maximum absolute atomic E-state index is 2.35. The van der Waals surface area contributed by atoms with Gasteiger partial charge in [-0.3, -0.25) is 0 Å². The van der Waals surface area contributed by atoms with Crippen LogP contribution in [0.1, 0.15) is 22.3 Å². The van der Waals surface area contributed by atoms with Gasteiger partial charge in [-0.25, -0.2) is 0 Å². The van der Waals surface area contributed by atoms with Gasteiger partial charge in [-0.05, 0) is 103 Å². The minimum absolute atomic E-state index is 0.472. The van der Waals surface area contributed by atoms with Crippen molar-refractivity contribution in [1.29, 1.82) is 0 Å². The van der Waals surface area contributed by atoms with E-state index in [9.17, 15) is 0 Å². The van der Waals surface area contributed by atoms with Crippen LogP contribution in [-0.4, -0.2) is 0 Å². The van der Waals surface area contributed by atoms with Crippen LogP contribution in [-0.2, 0) is 5.41 Å². The van der Waals surface area contributed by atoms with E-state index < -0.39 is 5.41 Å². The number of benzene rings is 9. The molecule has 1 nitrogen and oxygen atoms in total. The highest BCUT2D eigenvalue weighted by atomic mass is 15.1. The molecule has 0 amide bonds. The molecule has 0 heterocycles. The third kappa shape index (κ3) is 5.17. The second kappa shape index (κ2) is 13.2. The third-order valence-corrected chi connectivity index (χ3v) is 11.2. The molecule has 10 rings (SSSR count). The largest absolute Gasteiger partial charge is 0.311 e. The second-order valence-corrected chi connectivity index (χ2v) is 14.1. The van der Waals surface area contributed by atoms with Gasteiger partial charge in [0.2, 0.25) is 0 Å². The van der Waals surface area contributed by atoms with E-state index in [4.69, 9.17) is 0 Å². The second-order valence-electron chi connectivity index (χ2n) is 14.1. The lowest BCUT2D eigenvalue weighted by molar-refractivity contribution is 0.750. The molecule has 0 spiro atoms. The standard InChI is InChI=1S/C53H37N/c1-4-14-38(15-5-1)40-28-34-46(35-29-40)54(45-20-8-3-9-21-45)47-36-30-41(31-37-47)39-26-32-44(33-27-39)53(43-18-6-2-7-19-43)50-24-11-10-22-48(50)49-23-12-16-42-17-13-25-51(53)52(42)49/h1-37H. The van der Waals surface area contributed by atoms with Gasteiger partial charge in [0.05, 0.1) is 5.41 Å². The number of anilines is 3. The molecule has 0 aromatic heterocycles. The Hall–Kier alpha value is -6.96. The van der Waals surface area contributed by atoms with Gasteiger partial charge in [-0.15, -0.1) is 0 Å². The van der Waals surface area contributed by atoms with Gasteiger partial charge in [0.1, 0.15) is 0 Å². The average molecular weight is 688 g/mol. The first-order valence-corrected chi connectivity index (χ1v) is 18.7. The zero-order valence-corrected chi connectivity index (χ0v) is 29.8. The van der Waals surface area contributed by atoms with Gasteiger partial charge >= 0.3 is 0 Å². The van der Waals surface area contributed by atoms with E-state index in [1.165, 1.54) is 66.4 Å². The zero-order chi connectivity index (χ0) is 35.9. The molecule has 0 bridgehead atoms. The smallest absolute Gasteiger partial charge is 0.0713 e. The van der Waals surface area contributed by atoms with Crippen LogP contribution in [0.25, 0.3) is 44.2 Å². The highest BCUT2D eigenvalue weighted by Gasteiger charge is 2.44. The fourth-order valence-corrected chi connectivity index (χ4v) is 8.72. The normalized spacial score (nSPS) is 14.4. The first-order valence-electron chi connectivity index (χ1n) is 18.7.